The molecule has 160 valence electrons. The molecule has 0 amide bonds. The third-order valence-corrected chi connectivity index (χ3v) is 6.17. The highest BCUT2D eigenvalue weighted by atomic mass is 32.2. The minimum absolute atomic E-state index is 0.157. The summed E-state index contributed by atoms with van der Waals surface area (Å²) in [5.74, 6) is 0.976. The highest BCUT2D eigenvalue weighted by Crippen LogP contribution is 2.28. The van der Waals surface area contributed by atoms with Crippen LogP contribution in [0.1, 0.15) is 12.8 Å². The number of rotatable bonds is 8. The van der Waals surface area contributed by atoms with Gasteiger partial charge in [0.2, 0.25) is 0 Å². The lowest BCUT2D eigenvalue weighted by Gasteiger charge is -2.18. The number of aromatic amines is 1. The molecule has 30 heavy (non-hydrogen) atoms. The predicted molar refractivity (Wildman–Crippen MR) is 115 cm³/mol. The van der Waals surface area contributed by atoms with Crippen molar-refractivity contribution in [3.8, 4) is 0 Å². The Morgan fingerprint density at radius 1 is 1.20 bits per heavy atom. The molecule has 11 nitrogen and oxygen atoms in total. The zero-order valence-electron chi connectivity index (χ0n) is 16.7. The van der Waals surface area contributed by atoms with Gasteiger partial charge >= 0.3 is 10.2 Å². The van der Waals surface area contributed by atoms with Gasteiger partial charge in [-0.05, 0) is 43.2 Å². The van der Waals surface area contributed by atoms with E-state index < -0.39 is 10.2 Å². The van der Waals surface area contributed by atoms with Gasteiger partial charge in [0.15, 0.2) is 5.82 Å². The number of nitrogens with one attached hydrogen (secondary N) is 4. The molecular formula is C18H24N8O3S. The number of pyridine rings is 1. The van der Waals surface area contributed by atoms with E-state index in [9.17, 15) is 8.42 Å². The van der Waals surface area contributed by atoms with E-state index in [0.29, 0.717) is 35.1 Å². The van der Waals surface area contributed by atoms with E-state index in [0.717, 1.165) is 29.3 Å². The fraction of sp³-hybridized carbons (Fsp3) is 0.389. The first-order valence-corrected chi connectivity index (χ1v) is 11.0. The Hall–Kier alpha value is -2.96. The molecule has 1 aromatic carbocycles. The predicted octanol–water partition coefficient (Wildman–Crippen LogP) is 1.91. The normalized spacial score (nSPS) is 16.8. The molecule has 1 aliphatic rings. The number of hydrogen-bond donors (Lipinski definition) is 4. The Labute approximate surface area is 174 Å². The van der Waals surface area contributed by atoms with Crippen molar-refractivity contribution in [1.29, 1.82) is 0 Å². The fourth-order valence-corrected chi connectivity index (χ4v) is 3.67. The zero-order valence-corrected chi connectivity index (χ0v) is 17.5. The maximum Gasteiger partial charge on any atom is 0.301 e. The van der Waals surface area contributed by atoms with Crippen LogP contribution in [0, 0.1) is 0 Å². The second kappa shape index (κ2) is 8.42. The van der Waals surface area contributed by atoms with E-state index in [-0.39, 0.29) is 6.10 Å². The molecule has 4 N–H and O–H groups in total. The second-order valence-corrected chi connectivity index (χ2v) is 9.03. The van der Waals surface area contributed by atoms with Crippen molar-refractivity contribution < 1.29 is 13.2 Å². The largest absolute Gasteiger partial charge is 0.376 e. The number of hydrogen-bond acceptors (Lipinski definition) is 8. The quantitative estimate of drug-likeness (QED) is 0.424. The summed E-state index contributed by atoms with van der Waals surface area (Å²) < 4.78 is 33.9. The Bertz CT molecular complexity index is 1130. The van der Waals surface area contributed by atoms with Crippen LogP contribution in [0.25, 0.3) is 11.0 Å². The third-order valence-electron chi connectivity index (χ3n) is 4.73. The highest BCUT2D eigenvalue weighted by molar-refractivity contribution is 7.90. The molecule has 4 rings (SSSR count). The van der Waals surface area contributed by atoms with Crippen molar-refractivity contribution in [1.82, 2.24) is 24.7 Å². The summed E-state index contributed by atoms with van der Waals surface area (Å²) in [6.07, 6.45) is 2.23. The Balaban J connectivity index is 1.61. The van der Waals surface area contributed by atoms with E-state index in [4.69, 9.17) is 4.74 Å². The van der Waals surface area contributed by atoms with E-state index in [1.54, 1.807) is 18.2 Å². The summed E-state index contributed by atoms with van der Waals surface area (Å²) in [4.78, 5) is 4.57. The summed E-state index contributed by atoms with van der Waals surface area (Å²) in [5, 5.41) is 17.1. The third kappa shape index (κ3) is 4.61. The van der Waals surface area contributed by atoms with Crippen LogP contribution < -0.4 is 15.4 Å². The molecule has 0 spiro atoms. The SMILES string of the molecule is CN(C)S(=O)(=O)Nc1ccc(NCC2CCCO2)nc1Nc1ccc2n[nH]nc2c1. The topological polar surface area (TPSA) is 137 Å². The van der Waals surface area contributed by atoms with Gasteiger partial charge in [-0.25, -0.2) is 4.98 Å². The smallest absolute Gasteiger partial charge is 0.301 e. The van der Waals surface area contributed by atoms with Crippen LogP contribution in [-0.2, 0) is 14.9 Å². The van der Waals surface area contributed by atoms with E-state index >= 15 is 0 Å². The van der Waals surface area contributed by atoms with Crippen LogP contribution in [0.15, 0.2) is 30.3 Å². The Kier molecular flexibility index (Phi) is 5.70. The van der Waals surface area contributed by atoms with Gasteiger partial charge in [-0.2, -0.15) is 28.1 Å². The lowest BCUT2D eigenvalue weighted by Crippen LogP contribution is -2.29. The molecule has 0 saturated carbocycles. The van der Waals surface area contributed by atoms with Crippen LogP contribution in [-0.4, -0.2) is 66.5 Å². The lowest BCUT2D eigenvalue weighted by molar-refractivity contribution is 0.120. The van der Waals surface area contributed by atoms with E-state index in [1.165, 1.54) is 14.1 Å². The maximum absolute atomic E-state index is 12.3. The number of nitrogens with zero attached hydrogens (tertiary/aromatic N) is 4. The zero-order chi connectivity index (χ0) is 21.1. The van der Waals surface area contributed by atoms with Crippen molar-refractivity contribution in [2.24, 2.45) is 0 Å². The summed E-state index contributed by atoms with van der Waals surface area (Å²) >= 11 is 0. The average Bonchev–Trinajstić information content (AvgIpc) is 3.39. The number of ether oxygens (including phenoxy) is 1. The molecule has 0 aliphatic carbocycles. The van der Waals surface area contributed by atoms with Crippen molar-refractivity contribution in [3.05, 3.63) is 30.3 Å². The van der Waals surface area contributed by atoms with Gasteiger partial charge in [0.1, 0.15) is 16.9 Å². The van der Waals surface area contributed by atoms with Gasteiger partial charge in [-0.3, -0.25) is 4.72 Å². The van der Waals surface area contributed by atoms with Crippen LogP contribution in [0.3, 0.4) is 0 Å². The molecule has 12 heteroatoms. The van der Waals surface area contributed by atoms with Crippen LogP contribution in [0.4, 0.5) is 23.0 Å². The molecule has 3 aromatic rings. The molecule has 1 unspecified atom stereocenters. The fourth-order valence-electron chi connectivity index (χ4n) is 3.04. The van der Waals surface area contributed by atoms with Crippen molar-refractivity contribution in [2.45, 2.75) is 18.9 Å². The molecule has 3 heterocycles. The Morgan fingerprint density at radius 3 is 2.80 bits per heavy atom. The first-order valence-electron chi connectivity index (χ1n) is 9.55. The standard InChI is InChI=1S/C18H24N8O3S/c1-26(2)30(27,28)24-15-7-8-17(19-11-13-4-3-9-29-13)21-18(15)20-12-5-6-14-16(10-12)23-25-22-14/h5-8,10,13,24H,3-4,9,11H2,1-2H3,(H2,19,20,21)(H,22,23,25). The van der Waals surface area contributed by atoms with Crippen molar-refractivity contribution >= 4 is 44.3 Å². The van der Waals surface area contributed by atoms with Crippen LogP contribution in [0.2, 0.25) is 0 Å². The summed E-state index contributed by atoms with van der Waals surface area (Å²) in [7, 11) is -0.780. The van der Waals surface area contributed by atoms with E-state index in [2.05, 4.69) is 35.8 Å². The molecule has 2 aromatic heterocycles. The molecule has 1 saturated heterocycles. The molecule has 0 radical (unpaired) electrons. The van der Waals surface area contributed by atoms with E-state index in [1.807, 2.05) is 12.1 Å². The summed E-state index contributed by atoms with van der Waals surface area (Å²) in [6, 6.07) is 8.84. The van der Waals surface area contributed by atoms with Gasteiger partial charge < -0.3 is 15.4 Å². The summed E-state index contributed by atoms with van der Waals surface area (Å²) in [5.41, 5.74) is 2.44. The van der Waals surface area contributed by atoms with Crippen LogP contribution in [0.5, 0.6) is 0 Å². The van der Waals surface area contributed by atoms with Crippen LogP contribution >= 0.6 is 0 Å². The highest BCUT2D eigenvalue weighted by Gasteiger charge is 2.18. The first kappa shape index (κ1) is 20.3. The van der Waals surface area contributed by atoms with Gasteiger partial charge in [0.25, 0.3) is 0 Å². The molecular weight excluding hydrogens is 408 g/mol. The average molecular weight is 433 g/mol. The molecule has 1 fully saturated rings. The van der Waals surface area contributed by atoms with Crippen molar-refractivity contribution in [2.75, 3.05) is 42.6 Å². The van der Waals surface area contributed by atoms with Crippen molar-refractivity contribution in [3.63, 3.8) is 0 Å². The second-order valence-electron chi connectivity index (χ2n) is 7.15. The number of anilines is 4. The van der Waals surface area contributed by atoms with Gasteiger partial charge in [-0.15, -0.1) is 0 Å². The minimum Gasteiger partial charge on any atom is -0.376 e. The monoisotopic (exact) mass is 432 g/mol. The van der Waals surface area contributed by atoms with Gasteiger partial charge in [0.05, 0.1) is 11.8 Å². The molecule has 1 aliphatic heterocycles. The first-order chi connectivity index (χ1) is 14.4. The number of H-pyrrole nitrogens is 1. The van der Waals surface area contributed by atoms with Gasteiger partial charge in [0, 0.05) is 32.9 Å². The molecule has 1 atom stereocenters. The lowest BCUT2D eigenvalue weighted by atomic mass is 10.2. The summed E-state index contributed by atoms with van der Waals surface area (Å²) in [6.45, 7) is 1.42. The van der Waals surface area contributed by atoms with Gasteiger partial charge in [-0.1, -0.05) is 0 Å². The molecule has 0 bridgehead atoms. The number of fused-ring (bicyclic) bond motifs is 1. The maximum atomic E-state index is 12.3. The number of aromatic nitrogens is 4. The Morgan fingerprint density at radius 2 is 2.03 bits per heavy atom. The minimum atomic E-state index is -3.69. The number of benzene rings is 1.